The first kappa shape index (κ1) is 17.4. The number of H-pyrrole nitrogens is 1. The quantitative estimate of drug-likeness (QED) is 0.511. The maximum absolute atomic E-state index is 13.2. The van der Waals surface area contributed by atoms with Gasteiger partial charge in [0.15, 0.2) is 0 Å². The summed E-state index contributed by atoms with van der Waals surface area (Å²) in [6.07, 6.45) is 4.52. The monoisotopic (exact) mass is 388 g/mol. The molecule has 29 heavy (non-hydrogen) atoms. The van der Waals surface area contributed by atoms with Crippen LogP contribution in [0.5, 0.6) is 5.75 Å². The molecule has 0 unspecified atom stereocenters. The van der Waals surface area contributed by atoms with Crippen LogP contribution in [0, 0.1) is 13.8 Å². The third kappa shape index (κ3) is 2.75. The summed E-state index contributed by atoms with van der Waals surface area (Å²) in [6, 6.07) is 7.85. The van der Waals surface area contributed by atoms with Crippen LogP contribution in [0.1, 0.15) is 17.1 Å². The summed E-state index contributed by atoms with van der Waals surface area (Å²) in [5.74, 6) is 1.95. The van der Waals surface area contributed by atoms with Gasteiger partial charge in [0.25, 0.3) is 11.3 Å². The predicted octanol–water partition coefficient (Wildman–Crippen LogP) is 2.79. The van der Waals surface area contributed by atoms with E-state index in [0.717, 1.165) is 34.2 Å². The maximum Gasteiger partial charge on any atom is 0.261 e. The van der Waals surface area contributed by atoms with Gasteiger partial charge in [-0.25, -0.2) is 4.98 Å². The average molecular weight is 388 g/mol. The third-order valence-corrected chi connectivity index (χ3v) is 5.29. The van der Waals surface area contributed by atoms with Gasteiger partial charge in [0, 0.05) is 29.8 Å². The van der Waals surface area contributed by atoms with Crippen LogP contribution in [0.25, 0.3) is 27.6 Å². The van der Waals surface area contributed by atoms with E-state index in [1.54, 1.807) is 16.2 Å². The summed E-state index contributed by atoms with van der Waals surface area (Å²) in [5.41, 5.74) is 3.51. The van der Waals surface area contributed by atoms with Gasteiger partial charge in [0.2, 0.25) is 0 Å². The second kappa shape index (κ2) is 6.44. The largest absolute Gasteiger partial charge is 0.497 e. The number of hydrogen-bond acceptors (Lipinski definition) is 5. The topological polar surface area (TPSA) is 90.1 Å². The Kier molecular flexibility index (Phi) is 3.87. The van der Waals surface area contributed by atoms with E-state index in [1.807, 2.05) is 50.5 Å². The van der Waals surface area contributed by atoms with Gasteiger partial charge in [-0.15, -0.1) is 5.10 Å². The minimum atomic E-state index is -0.0695. The second-order valence-electron chi connectivity index (χ2n) is 7.12. The number of nitrogens with one attached hydrogen (secondary N) is 1. The first-order valence-electron chi connectivity index (χ1n) is 9.42. The van der Waals surface area contributed by atoms with E-state index in [2.05, 4.69) is 20.1 Å². The number of methoxy groups -OCH3 is 1. The smallest absolute Gasteiger partial charge is 0.261 e. The van der Waals surface area contributed by atoms with E-state index in [-0.39, 0.29) is 5.56 Å². The number of ether oxygens (including phenoxy) is 1. The molecule has 0 saturated heterocycles. The fourth-order valence-corrected chi connectivity index (χ4v) is 3.83. The van der Waals surface area contributed by atoms with E-state index in [9.17, 15) is 4.79 Å². The molecule has 0 amide bonds. The lowest BCUT2D eigenvalue weighted by Gasteiger charge is -2.09. The number of aromatic nitrogens is 6. The van der Waals surface area contributed by atoms with Crippen molar-refractivity contribution < 1.29 is 4.74 Å². The molecule has 0 fully saturated rings. The van der Waals surface area contributed by atoms with Crippen molar-refractivity contribution >= 4 is 27.6 Å². The lowest BCUT2D eigenvalue weighted by Crippen LogP contribution is -2.22. The summed E-state index contributed by atoms with van der Waals surface area (Å²) in [6.45, 7) is 4.21. The summed E-state index contributed by atoms with van der Waals surface area (Å²) in [4.78, 5) is 25.2. The number of benzene rings is 1. The Morgan fingerprint density at radius 3 is 2.86 bits per heavy atom. The van der Waals surface area contributed by atoms with E-state index in [4.69, 9.17) is 4.74 Å². The zero-order valence-corrected chi connectivity index (χ0v) is 16.4. The summed E-state index contributed by atoms with van der Waals surface area (Å²) >= 11 is 0. The van der Waals surface area contributed by atoms with E-state index in [1.165, 1.54) is 0 Å². The number of fused-ring (bicyclic) bond motifs is 4. The molecule has 1 aromatic carbocycles. The fraction of sp³-hybridized carbons (Fsp3) is 0.238. The van der Waals surface area contributed by atoms with Crippen molar-refractivity contribution in [1.82, 2.24) is 29.1 Å². The average Bonchev–Trinajstić information content (AvgIpc) is 3.29. The number of hydrogen-bond donors (Lipinski definition) is 1. The van der Waals surface area contributed by atoms with Crippen LogP contribution in [0.2, 0.25) is 0 Å². The van der Waals surface area contributed by atoms with Gasteiger partial charge in [-0.3, -0.25) is 4.79 Å². The van der Waals surface area contributed by atoms with Crippen molar-refractivity contribution in [2.75, 3.05) is 7.11 Å². The zero-order chi connectivity index (χ0) is 20.1. The maximum atomic E-state index is 13.2. The Hall–Kier alpha value is -3.68. The molecular weight excluding hydrogens is 368 g/mol. The molecule has 8 nitrogen and oxygen atoms in total. The molecule has 5 rings (SSSR count). The van der Waals surface area contributed by atoms with E-state index in [0.29, 0.717) is 29.2 Å². The Labute approximate surface area is 165 Å². The van der Waals surface area contributed by atoms with Gasteiger partial charge in [0.1, 0.15) is 11.6 Å². The van der Waals surface area contributed by atoms with Crippen LogP contribution in [0.3, 0.4) is 0 Å². The van der Waals surface area contributed by atoms with Crippen molar-refractivity contribution in [3.63, 3.8) is 0 Å². The van der Waals surface area contributed by atoms with Gasteiger partial charge in [-0.1, -0.05) is 0 Å². The normalized spacial score (nSPS) is 11.7. The molecule has 0 aliphatic heterocycles. The van der Waals surface area contributed by atoms with Crippen molar-refractivity contribution in [2.45, 2.75) is 26.8 Å². The number of rotatable bonds is 4. The first-order chi connectivity index (χ1) is 14.0. The van der Waals surface area contributed by atoms with Crippen LogP contribution >= 0.6 is 0 Å². The van der Waals surface area contributed by atoms with E-state index >= 15 is 0 Å². The van der Waals surface area contributed by atoms with Crippen LogP contribution in [0.15, 0.2) is 41.5 Å². The van der Waals surface area contributed by atoms with Crippen LogP contribution in [0.4, 0.5) is 0 Å². The minimum Gasteiger partial charge on any atom is -0.497 e. The molecule has 0 atom stereocenters. The number of nitrogens with zero attached hydrogens (tertiary/aromatic N) is 5. The Bertz CT molecular complexity index is 1440. The highest BCUT2D eigenvalue weighted by Crippen LogP contribution is 2.24. The summed E-state index contributed by atoms with van der Waals surface area (Å²) in [5, 5.41) is 6.05. The number of pyridine rings is 1. The Balaban J connectivity index is 1.54. The molecule has 0 aliphatic carbocycles. The molecular formula is C21H20N6O2. The van der Waals surface area contributed by atoms with Crippen molar-refractivity contribution in [3.8, 4) is 5.75 Å². The molecule has 4 heterocycles. The first-order valence-corrected chi connectivity index (χ1v) is 9.42. The SMILES string of the molecule is COc1ccc2[nH]cc(CCn3ccc4c(c(C)nc5nc(C)nn54)c3=O)c2c1. The van der Waals surface area contributed by atoms with Gasteiger partial charge < -0.3 is 14.3 Å². The van der Waals surface area contributed by atoms with Crippen LogP contribution in [-0.2, 0) is 13.0 Å². The van der Waals surface area contributed by atoms with Gasteiger partial charge >= 0.3 is 0 Å². The second-order valence-corrected chi connectivity index (χ2v) is 7.12. The minimum absolute atomic E-state index is 0.0695. The summed E-state index contributed by atoms with van der Waals surface area (Å²) < 4.78 is 8.70. The molecule has 0 radical (unpaired) electrons. The molecule has 0 aliphatic rings. The van der Waals surface area contributed by atoms with Crippen LogP contribution < -0.4 is 10.3 Å². The lowest BCUT2D eigenvalue weighted by atomic mass is 10.1. The fourth-order valence-electron chi connectivity index (χ4n) is 3.83. The summed E-state index contributed by atoms with van der Waals surface area (Å²) in [7, 11) is 1.66. The third-order valence-electron chi connectivity index (χ3n) is 5.29. The molecule has 0 bridgehead atoms. The standard InChI is InChI=1S/C21H20N6O2/c1-12-19-18(27-21(23-12)24-13(2)25-27)7-9-26(20(19)28)8-6-14-11-22-17-5-4-15(29-3)10-16(14)17/h4-5,7,9-11,22H,6,8H2,1-3H3. The highest BCUT2D eigenvalue weighted by molar-refractivity contribution is 5.84. The molecule has 0 saturated carbocycles. The van der Waals surface area contributed by atoms with Crippen molar-refractivity contribution in [2.24, 2.45) is 0 Å². The Morgan fingerprint density at radius 1 is 1.17 bits per heavy atom. The van der Waals surface area contributed by atoms with E-state index < -0.39 is 0 Å². The highest BCUT2D eigenvalue weighted by Gasteiger charge is 2.14. The number of aromatic amines is 1. The molecule has 8 heteroatoms. The molecule has 1 N–H and O–H groups in total. The molecule has 0 spiro atoms. The Morgan fingerprint density at radius 2 is 2.03 bits per heavy atom. The predicted molar refractivity (Wildman–Crippen MR) is 111 cm³/mol. The van der Waals surface area contributed by atoms with Gasteiger partial charge in [-0.05, 0) is 50.1 Å². The molecule has 5 aromatic rings. The lowest BCUT2D eigenvalue weighted by molar-refractivity contribution is 0.415. The molecule has 4 aromatic heterocycles. The highest BCUT2D eigenvalue weighted by atomic mass is 16.5. The molecule has 146 valence electrons. The van der Waals surface area contributed by atoms with Gasteiger partial charge in [0.05, 0.1) is 23.7 Å². The number of aryl methyl sites for hydroxylation is 4. The van der Waals surface area contributed by atoms with Crippen LogP contribution in [-0.4, -0.2) is 36.2 Å². The zero-order valence-electron chi connectivity index (χ0n) is 16.4. The van der Waals surface area contributed by atoms with Crippen molar-refractivity contribution in [3.05, 3.63) is 64.1 Å². The van der Waals surface area contributed by atoms with Crippen molar-refractivity contribution in [1.29, 1.82) is 0 Å². The van der Waals surface area contributed by atoms with Gasteiger partial charge in [-0.2, -0.15) is 9.50 Å².